The van der Waals surface area contributed by atoms with E-state index in [4.69, 9.17) is 4.42 Å². The number of furan rings is 1. The summed E-state index contributed by atoms with van der Waals surface area (Å²) < 4.78 is 5.48. The van der Waals surface area contributed by atoms with Gasteiger partial charge >= 0.3 is 0 Å². The lowest BCUT2D eigenvalue weighted by atomic mass is 9.93. The molecule has 1 atom stereocenters. The molecule has 0 aliphatic carbocycles. The fraction of sp³-hybridized carbons (Fsp3) is 0.444. The lowest BCUT2D eigenvalue weighted by molar-refractivity contribution is 0.493. The lowest BCUT2D eigenvalue weighted by Gasteiger charge is -2.20. The lowest BCUT2D eigenvalue weighted by Crippen LogP contribution is -2.25. The Morgan fingerprint density at radius 1 is 1.10 bits per heavy atom. The minimum Gasteiger partial charge on any atom is -0.469 e. The molecule has 1 aromatic carbocycles. The minimum atomic E-state index is 0.327. The Morgan fingerprint density at radius 3 is 2.35 bits per heavy atom. The summed E-state index contributed by atoms with van der Waals surface area (Å²) in [5, 5.41) is 3.66. The predicted molar refractivity (Wildman–Crippen MR) is 84.1 cm³/mol. The Balaban J connectivity index is 2.26. The summed E-state index contributed by atoms with van der Waals surface area (Å²) in [6, 6.07) is 8.94. The number of nitrogens with one attached hydrogen (secondary N) is 1. The second-order valence-corrected chi connectivity index (χ2v) is 5.51. The van der Waals surface area contributed by atoms with Gasteiger partial charge in [-0.2, -0.15) is 0 Å². The van der Waals surface area contributed by atoms with E-state index in [1.807, 2.05) is 6.92 Å². The summed E-state index contributed by atoms with van der Waals surface area (Å²) in [5.41, 5.74) is 5.46. The van der Waals surface area contributed by atoms with Crippen molar-refractivity contribution in [2.24, 2.45) is 0 Å². The molecule has 1 unspecified atom stereocenters. The Labute approximate surface area is 122 Å². The number of hydrogen-bond donors (Lipinski definition) is 1. The van der Waals surface area contributed by atoms with Crippen molar-refractivity contribution < 1.29 is 4.42 Å². The second-order valence-electron chi connectivity index (χ2n) is 5.51. The van der Waals surface area contributed by atoms with Crippen molar-refractivity contribution in [2.45, 2.75) is 46.6 Å². The van der Waals surface area contributed by atoms with Gasteiger partial charge in [0.25, 0.3) is 0 Å². The van der Waals surface area contributed by atoms with Crippen LogP contribution in [0.3, 0.4) is 0 Å². The van der Waals surface area contributed by atoms with Gasteiger partial charge in [0.15, 0.2) is 0 Å². The molecule has 1 aromatic heterocycles. The van der Waals surface area contributed by atoms with E-state index in [-0.39, 0.29) is 0 Å². The van der Waals surface area contributed by atoms with E-state index in [0.29, 0.717) is 6.04 Å². The maximum atomic E-state index is 5.48. The first-order valence-corrected chi connectivity index (χ1v) is 7.46. The van der Waals surface area contributed by atoms with Crippen molar-refractivity contribution >= 4 is 0 Å². The monoisotopic (exact) mass is 271 g/mol. The molecule has 0 saturated heterocycles. The normalized spacial score (nSPS) is 12.6. The third-order valence-electron chi connectivity index (χ3n) is 3.97. The van der Waals surface area contributed by atoms with Crippen molar-refractivity contribution in [1.82, 2.24) is 5.32 Å². The molecule has 0 amide bonds. The van der Waals surface area contributed by atoms with E-state index < -0.39 is 0 Å². The first kappa shape index (κ1) is 14.9. The zero-order chi connectivity index (χ0) is 14.5. The molecule has 20 heavy (non-hydrogen) atoms. The summed E-state index contributed by atoms with van der Waals surface area (Å²) >= 11 is 0. The molecule has 1 heterocycles. The van der Waals surface area contributed by atoms with Gasteiger partial charge in [-0.25, -0.2) is 0 Å². The van der Waals surface area contributed by atoms with Crippen LogP contribution in [0.1, 0.15) is 47.4 Å². The number of aryl methyl sites for hydroxylation is 3. The number of benzene rings is 1. The molecular formula is C18H25NO. The van der Waals surface area contributed by atoms with Crippen LogP contribution < -0.4 is 5.32 Å². The number of rotatable bonds is 6. The quantitative estimate of drug-likeness (QED) is 0.837. The largest absolute Gasteiger partial charge is 0.469 e. The van der Waals surface area contributed by atoms with Crippen LogP contribution in [0.15, 0.2) is 34.9 Å². The van der Waals surface area contributed by atoms with Crippen LogP contribution in [-0.4, -0.2) is 6.54 Å². The minimum absolute atomic E-state index is 0.327. The molecular weight excluding hydrogens is 246 g/mol. The highest BCUT2D eigenvalue weighted by Crippen LogP contribution is 2.25. The third kappa shape index (κ3) is 3.31. The molecule has 0 aliphatic rings. The average molecular weight is 271 g/mol. The van der Waals surface area contributed by atoms with Crippen molar-refractivity contribution in [3.05, 3.63) is 58.5 Å². The molecule has 0 fully saturated rings. The summed E-state index contributed by atoms with van der Waals surface area (Å²) in [6.45, 7) is 9.66. The maximum Gasteiger partial charge on any atom is 0.105 e. The highest BCUT2D eigenvalue weighted by molar-refractivity contribution is 5.35. The SMILES string of the molecule is CCCNC(Cc1c(C)cccc1C)c1ccoc1C. The van der Waals surface area contributed by atoms with Crippen molar-refractivity contribution in [1.29, 1.82) is 0 Å². The van der Waals surface area contributed by atoms with E-state index in [1.165, 1.54) is 22.3 Å². The summed E-state index contributed by atoms with van der Waals surface area (Å²) in [7, 11) is 0. The Kier molecular flexibility index (Phi) is 5.02. The van der Waals surface area contributed by atoms with Crippen LogP contribution in [0.25, 0.3) is 0 Å². The summed E-state index contributed by atoms with van der Waals surface area (Å²) in [6.07, 6.45) is 3.94. The Hall–Kier alpha value is -1.54. The molecule has 1 N–H and O–H groups in total. The molecule has 108 valence electrons. The average Bonchev–Trinajstić information content (AvgIpc) is 2.84. The zero-order valence-electron chi connectivity index (χ0n) is 13.0. The van der Waals surface area contributed by atoms with Gasteiger partial charge in [-0.15, -0.1) is 0 Å². The van der Waals surface area contributed by atoms with Crippen LogP contribution in [0.5, 0.6) is 0 Å². The first-order valence-electron chi connectivity index (χ1n) is 7.46. The van der Waals surface area contributed by atoms with Gasteiger partial charge in [-0.1, -0.05) is 25.1 Å². The van der Waals surface area contributed by atoms with Gasteiger partial charge < -0.3 is 9.73 Å². The standard InChI is InChI=1S/C18H25NO/c1-5-10-19-18(16-9-11-20-15(16)4)12-17-13(2)7-6-8-14(17)3/h6-9,11,18-19H,5,10,12H2,1-4H3. The molecule has 0 spiro atoms. The predicted octanol–water partition coefficient (Wildman–Crippen LogP) is 4.49. The summed E-state index contributed by atoms with van der Waals surface area (Å²) in [5.74, 6) is 1.02. The molecule has 0 radical (unpaired) electrons. The molecule has 0 aliphatic heterocycles. The van der Waals surface area contributed by atoms with E-state index >= 15 is 0 Å². The van der Waals surface area contributed by atoms with E-state index in [2.05, 4.69) is 50.4 Å². The van der Waals surface area contributed by atoms with E-state index in [9.17, 15) is 0 Å². The summed E-state index contributed by atoms with van der Waals surface area (Å²) in [4.78, 5) is 0. The fourth-order valence-electron chi connectivity index (χ4n) is 2.74. The fourth-order valence-corrected chi connectivity index (χ4v) is 2.74. The van der Waals surface area contributed by atoms with Gasteiger partial charge in [0, 0.05) is 11.6 Å². The molecule has 2 aromatic rings. The third-order valence-corrected chi connectivity index (χ3v) is 3.97. The van der Waals surface area contributed by atoms with Gasteiger partial charge in [0.05, 0.1) is 6.26 Å². The highest BCUT2D eigenvalue weighted by atomic mass is 16.3. The van der Waals surface area contributed by atoms with E-state index in [1.54, 1.807) is 6.26 Å². The maximum absolute atomic E-state index is 5.48. The van der Waals surface area contributed by atoms with Crippen molar-refractivity contribution in [3.63, 3.8) is 0 Å². The molecule has 0 saturated carbocycles. The molecule has 0 bridgehead atoms. The number of hydrogen-bond acceptors (Lipinski definition) is 2. The molecule has 2 heteroatoms. The van der Waals surface area contributed by atoms with Crippen LogP contribution in [0.2, 0.25) is 0 Å². The molecule has 2 rings (SSSR count). The Bertz CT molecular complexity index is 536. The zero-order valence-corrected chi connectivity index (χ0v) is 13.0. The van der Waals surface area contributed by atoms with Crippen LogP contribution in [-0.2, 0) is 6.42 Å². The van der Waals surface area contributed by atoms with Crippen LogP contribution >= 0.6 is 0 Å². The van der Waals surface area contributed by atoms with Crippen molar-refractivity contribution in [3.8, 4) is 0 Å². The smallest absolute Gasteiger partial charge is 0.105 e. The van der Waals surface area contributed by atoms with E-state index in [0.717, 1.165) is 25.1 Å². The van der Waals surface area contributed by atoms with Gasteiger partial charge in [0.2, 0.25) is 0 Å². The Morgan fingerprint density at radius 2 is 1.80 bits per heavy atom. The van der Waals surface area contributed by atoms with Gasteiger partial charge in [-0.05, 0) is 62.9 Å². The van der Waals surface area contributed by atoms with Gasteiger partial charge in [-0.3, -0.25) is 0 Å². The topological polar surface area (TPSA) is 25.2 Å². The van der Waals surface area contributed by atoms with Gasteiger partial charge in [0.1, 0.15) is 5.76 Å². The second kappa shape index (κ2) is 6.76. The molecule has 2 nitrogen and oxygen atoms in total. The highest BCUT2D eigenvalue weighted by Gasteiger charge is 2.17. The van der Waals surface area contributed by atoms with Crippen LogP contribution in [0, 0.1) is 20.8 Å². The first-order chi connectivity index (χ1) is 9.63. The van der Waals surface area contributed by atoms with Crippen LogP contribution in [0.4, 0.5) is 0 Å². The van der Waals surface area contributed by atoms with Crippen molar-refractivity contribution in [2.75, 3.05) is 6.54 Å².